The highest BCUT2D eigenvalue weighted by molar-refractivity contribution is 7.09. The predicted octanol–water partition coefficient (Wildman–Crippen LogP) is 2.31. The zero-order valence-electron chi connectivity index (χ0n) is 9.84. The summed E-state index contributed by atoms with van der Waals surface area (Å²) in [5.41, 5.74) is 1.93. The Bertz CT molecular complexity index is 456. The van der Waals surface area contributed by atoms with E-state index in [1.807, 2.05) is 13.1 Å². The molecule has 90 valence electrons. The molecule has 0 radical (unpaired) electrons. The van der Waals surface area contributed by atoms with E-state index in [0.29, 0.717) is 0 Å². The van der Waals surface area contributed by atoms with Crippen LogP contribution in [0.25, 0.3) is 0 Å². The summed E-state index contributed by atoms with van der Waals surface area (Å²) in [5.74, 6) is 0. The van der Waals surface area contributed by atoms with Crippen LogP contribution in [0.15, 0.2) is 36.0 Å². The van der Waals surface area contributed by atoms with Gasteiger partial charge in [-0.3, -0.25) is 4.98 Å². The molecule has 2 heterocycles. The van der Waals surface area contributed by atoms with Crippen molar-refractivity contribution >= 4 is 17.0 Å². The third kappa shape index (κ3) is 3.05. The lowest BCUT2D eigenvalue weighted by molar-refractivity contribution is 0.281. The first-order chi connectivity index (χ1) is 8.31. The summed E-state index contributed by atoms with van der Waals surface area (Å²) >= 11 is 1.78. The standard InChI is InChI=1S/C13H16N2OS/c1-15(7-5-12-3-2-8-17-12)13-4-6-14-9-11(13)10-16/h2-4,6,8-9,16H,5,7,10H2,1H3. The number of thiophene rings is 1. The van der Waals surface area contributed by atoms with Crippen LogP contribution in [0.4, 0.5) is 5.69 Å². The highest BCUT2D eigenvalue weighted by Crippen LogP contribution is 2.19. The molecule has 1 N–H and O–H groups in total. The van der Waals surface area contributed by atoms with Crippen molar-refractivity contribution in [3.8, 4) is 0 Å². The Labute approximate surface area is 105 Å². The lowest BCUT2D eigenvalue weighted by Crippen LogP contribution is -2.21. The second kappa shape index (κ2) is 5.80. The van der Waals surface area contributed by atoms with E-state index in [4.69, 9.17) is 0 Å². The zero-order valence-corrected chi connectivity index (χ0v) is 10.7. The number of hydrogen-bond acceptors (Lipinski definition) is 4. The van der Waals surface area contributed by atoms with Crippen molar-refractivity contribution in [1.82, 2.24) is 4.98 Å². The molecule has 0 amide bonds. The molecule has 2 aromatic heterocycles. The van der Waals surface area contributed by atoms with Crippen LogP contribution in [-0.2, 0) is 13.0 Å². The average Bonchev–Trinajstić information content (AvgIpc) is 2.89. The summed E-state index contributed by atoms with van der Waals surface area (Å²) in [4.78, 5) is 7.57. The van der Waals surface area contributed by atoms with E-state index >= 15 is 0 Å². The molecule has 0 aliphatic carbocycles. The first-order valence-electron chi connectivity index (χ1n) is 5.58. The van der Waals surface area contributed by atoms with Gasteiger partial charge in [0.1, 0.15) is 0 Å². The molecule has 17 heavy (non-hydrogen) atoms. The summed E-state index contributed by atoms with van der Waals surface area (Å²) in [6.07, 6.45) is 4.51. The lowest BCUT2D eigenvalue weighted by atomic mass is 10.2. The van der Waals surface area contributed by atoms with Crippen LogP contribution >= 0.6 is 11.3 Å². The highest BCUT2D eigenvalue weighted by atomic mass is 32.1. The fourth-order valence-electron chi connectivity index (χ4n) is 1.77. The van der Waals surface area contributed by atoms with E-state index in [0.717, 1.165) is 24.2 Å². The molecule has 2 rings (SSSR count). The Morgan fingerprint density at radius 2 is 2.29 bits per heavy atom. The average molecular weight is 248 g/mol. The van der Waals surface area contributed by atoms with Crippen molar-refractivity contribution < 1.29 is 5.11 Å². The minimum absolute atomic E-state index is 0.0342. The van der Waals surface area contributed by atoms with Crippen LogP contribution in [0.1, 0.15) is 10.4 Å². The van der Waals surface area contributed by atoms with E-state index in [-0.39, 0.29) is 6.61 Å². The topological polar surface area (TPSA) is 36.4 Å². The number of aliphatic hydroxyl groups excluding tert-OH is 1. The Morgan fingerprint density at radius 3 is 3.00 bits per heavy atom. The number of anilines is 1. The molecule has 0 aliphatic heterocycles. The summed E-state index contributed by atoms with van der Waals surface area (Å²) in [6, 6.07) is 6.17. The van der Waals surface area contributed by atoms with Gasteiger partial charge in [0.05, 0.1) is 6.61 Å². The monoisotopic (exact) mass is 248 g/mol. The zero-order chi connectivity index (χ0) is 12.1. The molecule has 0 atom stereocenters. The van der Waals surface area contributed by atoms with Crippen molar-refractivity contribution in [2.75, 3.05) is 18.5 Å². The fourth-order valence-corrected chi connectivity index (χ4v) is 2.47. The van der Waals surface area contributed by atoms with Gasteiger partial charge in [-0.2, -0.15) is 0 Å². The molecule has 0 saturated carbocycles. The third-order valence-corrected chi connectivity index (χ3v) is 3.67. The van der Waals surface area contributed by atoms with Crippen molar-refractivity contribution in [3.63, 3.8) is 0 Å². The van der Waals surface area contributed by atoms with Crippen LogP contribution in [-0.4, -0.2) is 23.7 Å². The van der Waals surface area contributed by atoms with Crippen molar-refractivity contribution in [3.05, 3.63) is 46.4 Å². The number of likely N-dealkylation sites (N-methyl/N-ethyl adjacent to an activating group) is 1. The first kappa shape index (κ1) is 12.1. The maximum atomic E-state index is 9.25. The Hall–Kier alpha value is -1.39. The second-order valence-electron chi connectivity index (χ2n) is 3.91. The smallest absolute Gasteiger partial charge is 0.0717 e. The SMILES string of the molecule is CN(CCc1cccs1)c1ccncc1CO. The van der Waals surface area contributed by atoms with E-state index in [9.17, 15) is 5.11 Å². The van der Waals surface area contributed by atoms with Gasteiger partial charge in [0.25, 0.3) is 0 Å². The second-order valence-corrected chi connectivity index (χ2v) is 4.95. The van der Waals surface area contributed by atoms with E-state index in [1.54, 1.807) is 23.7 Å². The number of hydrogen-bond donors (Lipinski definition) is 1. The van der Waals surface area contributed by atoms with Gasteiger partial charge in [0.2, 0.25) is 0 Å². The van der Waals surface area contributed by atoms with Gasteiger partial charge in [-0.15, -0.1) is 11.3 Å². The summed E-state index contributed by atoms with van der Waals surface area (Å²) in [6.45, 7) is 0.976. The molecule has 0 aromatic carbocycles. The quantitative estimate of drug-likeness (QED) is 0.882. The highest BCUT2D eigenvalue weighted by Gasteiger charge is 2.06. The predicted molar refractivity (Wildman–Crippen MR) is 71.5 cm³/mol. The molecule has 0 bridgehead atoms. The van der Waals surface area contributed by atoms with Crippen molar-refractivity contribution in [1.29, 1.82) is 0 Å². The molecule has 0 spiro atoms. The molecule has 0 fully saturated rings. The van der Waals surface area contributed by atoms with E-state index < -0.39 is 0 Å². The number of aromatic nitrogens is 1. The van der Waals surface area contributed by atoms with E-state index in [1.165, 1.54) is 4.88 Å². The Balaban J connectivity index is 2.01. The molecule has 0 aliphatic rings. The lowest BCUT2D eigenvalue weighted by Gasteiger charge is -2.21. The molecular weight excluding hydrogens is 232 g/mol. The Morgan fingerprint density at radius 1 is 1.41 bits per heavy atom. The molecule has 0 unspecified atom stereocenters. The number of rotatable bonds is 5. The van der Waals surface area contributed by atoms with Gasteiger partial charge in [-0.05, 0) is 23.9 Å². The van der Waals surface area contributed by atoms with Gasteiger partial charge in [-0.25, -0.2) is 0 Å². The maximum absolute atomic E-state index is 9.25. The molecule has 3 nitrogen and oxygen atoms in total. The summed E-state index contributed by atoms with van der Waals surface area (Å²) in [5, 5.41) is 11.4. The van der Waals surface area contributed by atoms with Gasteiger partial charge in [-0.1, -0.05) is 6.07 Å². The van der Waals surface area contributed by atoms with Crippen LogP contribution in [0.2, 0.25) is 0 Å². The summed E-state index contributed by atoms with van der Waals surface area (Å²) in [7, 11) is 2.04. The molecule has 2 aromatic rings. The number of aliphatic hydroxyl groups is 1. The summed E-state index contributed by atoms with van der Waals surface area (Å²) < 4.78 is 0. The van der Waals surface area contributed by atoms with Crippen LogP contribution in [0.5, 0.6) is 0 Å². The van der Waals surface area contributed by atoms with Crippen LogP contribution < -0.4 is 4.90 Å². The largest absolute Gasteiger partial charge is 0.392 e. The van der Waals surface area contributed by atoms with Crippen LogP contribution in [0.3, 0.4) is 0 Å². The van der Waals surface area contributed by atoms with Crippen LogP contribution in [0, 0.1) is 0 Å². The van der Waals surface area contributed by atoms with E-state index in [2.05, 4.69) is 27.4 Å². The number of pyridine rings is 1. The van der Waals surface area contributed by atoms with Gasteiger partial charge >= 0.3 is 0 Å². The molecule has 0 saturated heterocycles. The Kier molecular flexibility index (Phi) is 4.12. The minimum atomic E-state index is 0.0342. The fraction of sp³-hybridized carbons (Fsp3) is 0.308. The van der Waals surface area contributed by atoms with Gasteiger partial charge in [0, 0.05) is 42.1 Å². The van der Waals surface area contributed by atoms with Gasteiger partial charge in [0.15, 0.2) is 0 Å². The van der Waals surface area contributed by atoms with Crippen molar-refractivity contribution in [2.45, 2.75) is 13.0 Å². The minimum Gasteiger partial charge on any atom is -0.392 e. The van der Waals surface area contributed by atoms with Gasteiger partial charge < -0.3 is 10.0 Å². The molecule has 4 heteroatoms. The normalized spacial score (nSPS) is 10.5. The third-order valence-electron chi connectivity index (χ3n) is 2.73. The molecular formula is C13H16N2OS. The number of nitrogens with zero attached hydrogens (tertiary/aromatic N) is 2. The van der Waals surface area contributed by atoms with Crippen molar-refractivity contribution in [2.24, 2.45) is 0 Å². The maximum Gasteiger partial charge on any atom is 0.0717 e. The first-order valence-corrected chi connectivity index (χ1v) is 6.46.